The first-order chi connectivity index (χ1) is 6.33. The van der Waals surface area contributed by atoms with Crippen molar-refractivity contribution in [1.29, 1.82) is 0 Å². The minimum Gasteiger partial charge on any atom is -0.377 e. The van der Waals surface area contributed by atoms with Gasteiger partial charge in [-0.15, -0.1) is 0 Å². The molecule has 1 N–H and O–H groups in total. The van der Waals surface area contributed by atoms with Gasteiger partial charge in [-0.3, -0.25) is 0 Å². The van der Waals surface area contributed by atoms with Gasteiger partial charge in [0.05, 0.1) is 6.10 Å². The van der Waals surface area contributed by atoms with E-state index in [9.17, 15) is 0 Å². The van der Waals surface area contributed by atoms with Crippen LogP contribution in [-0.4, -0.2) is 25.8 Å². The molecule has 0 aliphatic carbocycles. The topological polar surface area (TPSA) is 21.3 Å². The van der Waals surface area contributed by atoms with Gasteiger partial charge in [-0.05, 0) is 25.8 Å². The smallest absolute Gasteiger partial charge is 0.0731 e. The summed E-state index contributed by atoms with van der Waals surface area (Å²) in [6.07, 6.45) is 5.45. The Balaban J connectivity index is 2.48. The van der Waals surface area contributed by atoms with E-state index in [1.807, 2.05) is 0 Å². The van der Waals surface area contributed by atoms with Gasteiger partial charge >= 0.3 is 0 Å². The van der Waals surface area contributed by atoms with Crippen LogP contribution in [0.4, 0.5) is 0 Å². The molecule has 1 aliphatic heterocycles. The van der Waals surface area contributed by atoms with Gasteiger partial charge in [0.1, 0.15) is 0 Å². The lowest BCUT2D eigenvalue weighted by Crippen LogP contribution is -2.43. The van der Waals surface area contributed by atoms with E-state index in [2.05, 4.69) is 26.2 Å². The Bertz CT molecular complexity index is 126. The molecule has 0 bridgehead atoms. The number of likely N-dealkylation sites (N-methyl/N-ethyl adjacent to an activating group) is 1. The lowest BCUT2D eigenvalue weighted by atomic mass is 9.89. The van der Waals surface area contributed by atoms with Gasteiger partial charge in [0, 0.05) is 12.6 Å². The van der Waals surface area contributed by atoms with Crippen LogP contribution in [0.15, 0.2) is 0 Å². The molecule has 2 heteroatoms. The Kier molecular flexibility index (Phi) is 4.74. The molecule has 0 aromatic rings. The average molecular weight is 185 g/mol. The Morgan fingerprint density at radius 2 is 2.08 bits per heavy atom. The molecule has 0 saturated carbocycles. The zero-order chi connectivity index (χ0) is 9.68. The van der Waals surface area contributed by atoms with Crippen molar-refractivity contribution in [2.24, 2.45) is 5.92 Å². The van der Waals surface area contributed by atoms with Crippen LogP contribution in [0.2, 0.25) is 0 Å². The summed E-state index contributed by atoms with van der Waals surface area (Å²) in [7, 11) is 2.06. The highest BCUT2D eigenvalue weighted by atomic mass is 16.5. The third-order valence-electron chi connectivity index (χ3n) is 3.26. The van der Waals surface area contributed by atoms with Crippen molar-refractivity contribution >= 4 is 0 Å². The molecule has 13 heavy (non-hydrogen) atoms. The number of hydrogen-bond acceptors (Lipinski definition) is 2. The van der Waals surface area contributed by atoms with E-state index in [0.29, 0.717) is 12.1 Å². The molecule has 1 saturated heterocycles. The highest BCUT2D eigenvalue weighted by Crippen LogP contribution is 2.24. The van der Waals surface area contributed by atoms with Gasteiger partial charge in [0.15, 0.2) is 0 Å². The average Bonchev–Trinajstić information content (AvgIpc) is 2.66. The summed E-state index contributed by atoms with van der Waals surface area (Å²) < 4.78 is 5.73. The third-order valence-corrected chi connectivity index (χ3v) is 3.26. The summed E-state index contributed by atoms with van der Waals surface area (Å²) >= 11 is 0. The zero-order valence-corrected chi connectivity index (χ0v) is 9.18. The van der Waals surface area contributed by atoms with Crippen LogP contribution in [0.1, 0.15) is 39.5 Å². The first kappa shape index (κ1) is 11.0. The van der Waals surface area contributed by atoms with E-state index in [1.54, 1.807) is 0 Å². The fourth-order valence-corrected chi connectivity index (χ4v) is 2.41. The molecule has 1 aliphatic rings. The Morgan fingerprint density at radius 1 is 1.38 bits per heavy atom. The largest absolute Gasteiger partial charge is 0.377 e. The molecular formula is C11H23NO. The second-order valence-corrected chi connectivity index (χ2v) is 3.94. The maximum Gasteiger partial charge on any atom is 0.0731 e. The van der Waals surface area contributed by atoms with Crippen LogP contribution < -0.4 is 5.32 Å². The molecule has 0 aromatic carbocycles. The number of rotatable bonds is 5. The predicted molar refractivity (Wildman–Crippen MR) is 55.9 cm³/mol. The molecule has 78 valence electrons. The Hall–Kier alpha value is -0.0800. The van der Waals surface area contributed by atoms with E-state index in [4.69, 9.17) is 4.74 Å². The maximum atomic E-state index is 5.73. The van der Waals surface area contributed by atoms with E-state index in [0.717, 1.165) is 12.5 Å². The van der Waals surface area contributed by atoms with E-state index >= 15 is 0 Å². The molecule has 0 spiro atoms. The number of ether oxygens (including phenoxy) is 1. The van der Waals surface area contributed by atoms with Crippen LogP contribution >= 0.6 is 0 Å². The van der Waals surface area contributed by atoms with Crippen molar-refractivity contribution in [3.05, 3.63) is 0 Å². The molecule has 2 unspecified atom stereocenters. The van der Waals surface area contributed by atoms with Crippen LogP contribution in [0.25, 0.3) is 0 Å². The summed E-state index contributed by atoms with van der Waals surface area (Å²) in [6.45, 7) is 5.50. The van der Waals surface area contributed by atoms with Crippen LogP contribution in [-0.2, 0) is 4.74 Å². The van der Waals surface area contributed by atoms with Crippen molar-refractivity contribution in [2.45, 2.75) is 51.7 Å². The van der Waals surface area contributed by atoms with E-state index in [1.165, 1.54) is 25.7 Å². The lowest BCUT2D eigenvalue weighted by Gasteiger charge is -2.29. The van der Waals surface area contributed by atoms with E-state index in [-0.39, 0.29) is 0 Å². The van der Waals surface area contributed by atoms with Crippen LogP contribution in [0, 0.1) is 5.92 Å². The third kappa shape index (κ3) is 2.68. The molecule has 0 aromatic heterocycles. The molecular weight excluding hydrogens is 162 g/mol. The maximum absolute atomic E-state index is 5.73. The minimum absolute atomic E-state index is 0.467. The molecule has 1 rings (SSSR count). The molecule has 2 nitrogen and oxygen atoms in total. The summed E-state index contributed by atoms with van der Waals surface area (Å²) in [4.78, 5) is 0. The number of nitrogens with one attached hydrogen (secondary N) is 1. The van der Waals surface area contributed by atoms with Crippen molar-refractivity contribution in [3.8, 4) is 0 Å². The van der Waals surface area contributed by atoms with Crippen molar-refractivity contribution in [3.63, 3.8) is 0 Å². The van der Waals surface area contributed by atoms with Crippen LogP contribution in [0.3, 0.4) is 0 Å². The highest BCUT2D eigenvalue weighted by molar-refractivity contribution is 4.84. The SMILES string of the molecule is CCC(CC)C(NC)C1CCCO1. The molecule has 1 fully saturated rings. The standard InChI is InChI=1S/C11H23NO/c1-4-9(5-2)11(12-3)10-7-6-8-13-10/h9-12H,4-8H2,1-3H3. The zero-order valence-electron chi connectivity index (χ0n) is 9.18. The Labute approximate surface area is 82.0 Å². The van der Waals surface area contributed by atoms with Gasteiger partial charge in [0.2, 0.25) is 0 Å². The number of hydrogen-bond donors (Lipinski definition) is 1. The second kappa shape index (κ2) is 5.61. The lowest BCUT2D eigenvalue weighted by molar-refractivity contribution is 0.0587. The fourth-order valence-electron chi connectivity index (χ4n) is 2.41. The van der Waals surface area contributed by atoms with Crippen LogP contribution in [0.5, 0.6) is 0 Å². The first-order valence-electron chi connectivity index (χ1n) is 5.62. The molecule has 0 radical (unpaired) electrons. The van der Waals surface area contributed by atoms with Gasteiger partial charge in [-0.2, -0.15) is 0 Å². The molecule has 1 heterocycles. The van der Waals surface area contributed by atoms with Gasteiger partial charge in [0.25, 0.3) is 0 Å². The first-order valence-corrected chi connectivity index (χ1v) is 5.62. The molecule has 0 amide bonds. The summed E-state index contributed by atoms with van der Waals surface area (Å²) in [5, 5.41) is 3.42. The minimum atomic E-state index is 0.467. The summed E-state index contributed by atoms with van der Waals surface area (Å²) in [6, 6.07) is 0.567. The van der Waals surface area contributed by atoms with Crippen molar-refractivity contribution in [1.82, 2.24) is 5.32 Å². The van der Waals surface area contributed by atoms with E-state index < -0.39 is 0 Å². The predicted octanol–water partition coefficient (Wildman–Crippen LogP) is 2.19. The summed E-state index contributed by atoms with van der Waals surface area (Å²) in [5.41, 5.74) is 0. The Morgan fingerprint density at radius 3 is 2.46 bits per heavy atom. The van der Waals surface area contributed by atoms with Gasteiger partial charge < -0.3 is 10.1 Å². The van der Waals surface area contributed by atoms with Crippen molar-refractivity contribution < 1.29 is 4.74 Å². The monoisotopic (exact) mass is 185 g/mol. The fraction of sp³-hybridized carbons (Fsp3) is 1.00. The quantitative estimate of drug-likeness (QED) is 0.709. The second-order valence-electron chi connectivity index (χ2n) is 3.94. The normalized spacial score (nSPS) is 25.4. The highest BCUT2D eigenvalue weighted by Gasteiger charge is 2.29. The molecule has 2 atom stereocenters. The summed E-state index contributed by atoms with van der Waals surface area (Å²) in [5.74, 6) is 0.771. The van der Waals surface area contributed by atoms with Crippen molar-refractivity contribution in [2.75, 3.05) is 13.7 Å². The van der Waals surface area contributed by atoms with Gasteiger partial charge in [-0.25, -0.2) is 0 Å². The van der Waals surface area contributed by atoms with Gasteiger partial charge in [-0.1, -0.05) is 26.7 Å².